The van der Waals surface area contributed by atoms with Gasteiger partial charge in [-0.05, 0) is 53.6 Å². The predicted octanol–water partition coefficient (Wildman–Crippen LogP) is 13.6. The Kier molecular flexibility index (Phi) is 6.16. The van der Waals surface area contributed by atoms with Crippen molar-refractivity contribution in [3.63, 3.8) is 0 Å². The number of thiophene rings is 1. The Labute approximate surface area is 298 Å². The van der Waals surface area contributed by atoms with Gasteiger partial charge < -0.3 is 9.13 Å². The number of fused-ring (bicyclic) bond motifs is 10. The van der Waals surface area contributed by atoms with E-state index in [4.69, 9.17) is 0 Å². The molecular formula is C48H30N2S. The Hall–Kier alpha value is -6.42. The van der Waals surface area contributed by atoms with Crippen LogP contribution in [0.1, 0.15) is 0 Å². The summed E-state index contributed by atoms with van der Waals surface area (Å²) in [5.41, 5.74) is 12.0. The molecule has 0 radical (unpaired) electrons. The zero-order valence-electron chi connectivity index (χ0n) is 27.6. The third-order valence-electron chi connectivity index (χ3n) is 10.5. The van der Waals surface area contributed by atoms with Gasteiger partial charge in [-0.25, -0.2) is 0 Å². The minimum atomic E-state index is 1.15. The van der Waals surface area contributed by atoms with E-state index in [9.17, 15) is 0 Å². The summed E-state index contributed by atoms with van der Waals surface area (Å²) < 4.78 is 7.62. The molecule has 3 heteroatoms. The summed E-state index contributed by atoms with van der Waals surface area (Å²) in [5.74, 6) is 0. The number of para-hydroxylation sites is 4. The van der Waals surface area contributed by atoms with E-state index in [1.54, 1.807) is 0 Å². The molecular weight excluding hydrogens is 637 g/mol. The zero-order chi connectivity index (χ0) is 33.5. The third-order valence-corrected chi connectivity index (χ3v) is 11.7. The van der Waals surface area contributed by atoms with Crippen LogP contribution in [0.2, 0.25) is 0 Å². The van der Waals surface area contributed by atoms with Gasteiger partial charge in [0.25, 0.3) is 0 Å². The summed E-state index contributed by atoms with van der Waals surface area (Å²) >= 11 is 1.90. The summed E-state index contributed by atoms with van der Waals surface area (Å²) in [6.45, 7) is 0. The lowest BCUT2D eigenvalue weighted by Gasteiger charge is -2.20. The molecule has 0 amide bonds. The van der Waals surface area contributed by atoms with Crippen molar-refractivity contribution >= 4 is 75.1 Å². The predicted molar refractivity (Wildman–Crippen MR) is 219 cm³/mol. The van der Waals surface area contributed by atoms with Crippen LogP contribution in [-0.2, 0) is 0 Å². The second-order valence-corrected chi connectivity index (χ2v) is 14.3. The summed E-state index contributed by atoms with van der Waals surface area (Å²) in [6, 6.07) is 66.6. The van der Waals surface area contributed by atoms with Gasteiger partial charge in [-0.2, -0.15) is 0 Å². The van der Waals surface area contributed by atoms with Crippen LogP contribution in [0, 0.1) is 0 Å². The van der Waals surface area contributed by atoms with Gasteiger partial charge in [-0.1, -0.05) is 140 Å². The molecule has 0 atom stereocenters. The Bertz CT molecular complexity index is 3090. The van der Waals surface area contributed by atoms with Crippen molar-refractivity contribution in [3.8, 4) is 33.6 Å². The summed E-state index contributed by atoms with van der Waals surface area (Å²) in [5, 5.41) is 7.78. The van der Waals surface area contributed by atoms with E-state index in [0.717, 1.165) is 5.69 Å². The number of nitrogens with zero attached hydrogens (tertiary/aromatic N) is 2. The smallest absolute Gasteiger partial charge is 0.0618 e. The van der Waals surface area contributed by atoms with Crippen molar-refractivity contribution in [2.24, 2.45) is 0 Å². The van der Waals surface area contributed by atoms with Gasteiger partial charge in [0, 0.05) is 58.5 Å². The average Bonchev–Trinajstić information content (AvgIpc) is 3.86. The fourth-order valence-electron chi connectivity index (χ4n) is 8.36. The van der Waals surface area contributed by atoms with Gasteiger partial charge in [0.15, 0.2) is 0 Å². The number of rotatable bonds is 4. The highest BCUT2D eigenvalue weighted by Gasteiger charge is 2.21. The molecule has 51 heavy (non-hydrogen) atoms. The Morgan fingerprint density at radius 2 is 0.922 bits per heavy atom. The monoisotopic (exact) mass is 666 g/mol. The molecule has 3 heterocycles. The van der Waals surface area contributed by atoms with E-state index in [1.807, 2.05) is 11.3 Å². The summed E-state index contributed by atoms with van der Waals surface area (Å²) in [6.07, 6.45) is 0. The van der Waals surface area contributed by atoms with Crippen molar-refractivity contribution in [1.82, 2.24) is 9.13 Å². The van der Waals surface area contributed by atoms with Crippen LogP contribution in [0.15, 0.2) is 182 Å². The van der Waals surface area contributed by atoms with Gasteiger partial charge in [0.1, 0.15) is 0 Å². The fraction of sp³-hybridized carbons (Fsp3) is 0. The molecule has 2 nitrogen and oxygen atoms in total. The largest absolute Gasteiger partial charge is 0.309 e. The summed E-state index contributed by atoms with van der Waals surface area (Å²) in [7, 11) is 0. The molecule has 0 spiro atoms. The molecule has 0 unspecified atom stereocenters. The maximum Gasteiger partial charge on any atom is 0.0618 e. The van der Waals surface area contributed by atoms with Gasteiger partial charge >= 0.3 is 0 Å². The van der Waals surface area contributed by atoms with Crippen LogP contribution in [0.3, 0.4) is 0 Å². The first-order chi connectivity index (χ1) is 25.3. The number of aromatic nitrogens is 2. The van der Waals surface area contributed by atoms with Crippen LogP contribution in [0.4, 0.5) is 0 Å². The minimum absolute atomic E-state index is 1.15. The molecule has 238 valence electrons. The Morgan fingerprint density at radius 3 is 1.67 bits per heavy atom. The van der Waals surface area contributed by atoms with Crippen LogP contribution < -0.4 is 0 Å². The highest BCUT2D eigenvalue weighted by molar-refractivity contribution is 7.26. The molecule has 0 N–H and O–H groups in total. The second kappa shape index (κ2) is 11.0. The number of hydrogen-bond acceptors (Lipinski definition) is 1. The molecule has 0 aliphatic carbocycles. The van der Waals surface area contributed by atoms with E-state index >= 15 is 0 Å². The van der Waals surface area contributed by atoms with Gasteiger partial charge in [-0.15, -0.1) is 11.3 Å². The molecule has 11 aromatic rings. The van der Waals surface area contributed by atoms with Gasteiger partial charge in [0.2, 0.25) is 0 Å². The van der Waals surface area contributed by atoms with Crippen molar-refractivity contribution < 1.29 is 0 Å². The highest BCUT2D eigenvalue weighted by atomic mass is 32.1. The van der Waals surface area contributed by atoms with E-state index in [1.165, 1.54) is 91.7 Å². The van der Waals surface area contributed by atoms with Crippen LogP contribution >= 0.6 is 11.3 Å². The van der Waals surface area contributed by atoms with Gasteiger partial charge in [-0.3, -0.25) is 0 Å². The molecule has 0 aliphatic rings. The normalized spacial score (nSPS) is 11.9. The first kappa shape index (κ1) is 28.4. The fourth-order valence-corrected chi connectivity index (χ4v) is 9.62. The number of hydrogen-bond donors (Lipinski definition) is 0. The quantitative estimate of drug-likeness (QED) is 0.177. The first-order valence-electron chi connectivity index (χ1n) is 17.4. The van der Waals surface area contributed by atoms with E-state index < -0.39 is 0 Å². The summed E-state index contributed by atoms with van der Waals surface area (Å²) in [4.78, 5) is 0. The number of benzene rings is 8. The topological polar surface area (TPSA) is 9.86 Å². The molecule has 0 saturated heterocycles. The molecule has 8 aromatic carbocycles. The maximum absolute atomic E-state index is 2.48. The van der Waals surface area contributed by atoms with Crippen LogP contribution in [0.25, 0.3) is 97.4 Å². The molecule has 0 bridgehead atoms. The minimum Gasteiger partial charge on any atom is -0.309 e. The molecule has 11 rings (SSSR count). The van der Waals surface area contributed by atoms with Crippen molar-refractivity contribution in [3.05, 3.63) is 182 Å². The van der Waals surface area contributed by atoms with E-state index in [-0.39, 0.29) is 0 Å². The Morgan fingerprint density at radius 1 is 0.353 bits per heavy atom. The maximum atomic E-state index is 2.48. The average molecular weight is 667 g/mol. The first-order valence-corrected chi connectivity index (χ1v) is 18.3. The van der Waals surface area contributed by atoms with Gasteiger partial charge in [0.05, 0.1) is 27.8 Å². The molecule has 3 aromatic heterocycles. The van der Waals surface area contributed by atoms with E-state index in [0.29, 0.717) is 0 Å². The standard InChI is InChI=1S/C48H30N2S/c1-2-14-31(15-3-1)34-22-13-23-35(47(34)50-41-24-8-4-18-36(41)37-19-5-9-25-42(37)50)32-16-12-17-33(30-32)49-43-26-10-6-21-40(43)46-44(49)29-28-39-38-20-7-11-27-45(38)51-48(39)46/h1-30H. The molecule has 0 saturated carbocycles. The lowest BCUT2D eigenvalue weighted by atomic mass is 9.95. The highest BCUT2D eigenvalue weighted by Crippen LogP contribution is 2.45. The van der Waals surface area contributed by atoms with Crippen molar-refractivity contribution in [2.45, 2.75) is 0 Å². The lowest BCUT2D eigenvalue weighted by molar-refractivity contribution is 1.17. The van der Waals surface area contributed by atoms with E-state index in [2.05, 4.69) is 191 Å². The van der Waals surface area contributed by atoms with Crippen molar-refractivity contribution in [1.29, 1.82) is 0 Å². The van der Waals surface area contributed by atoms with Crippen LogP contribution in [-0.4, -0.2) is 9.13 Å². The lowest BCUT2D eigenvalue weighted by Crippen LogP contribution is -2.01. The molecule has 0 fully saturated rings. The SMILES string of the molecule is c1ccc(-c2cccc(-c3cccc(-n4c5ccccc5c5c6sc7ccccc7c6ccc54)c3)c2-n2c3ccccc3c3ccccc32)cc1. The Balaban J connectivity index is 1.20. The third kappa shape index (κ3) is 4.16. The van der Waals surface area contributed by atoms with Crippen LogP contribution in [0.5, 0.6) is 0 Å². The zero-order valence-corrected chi connectivity index (χ0v) is 28.4. The molecule has 0 aliphatic heterocycles. The van der Waals surface area contributed by atoms with Crippen molar-refractivity contribution in [2.75, 3.05) is 0 Å². The second-order valence-electron chi connectivity index (χ2n) is 13.3.